The van der Waals surface area contributed by atoms with Crippen LogP contribution in [0.4, 0.5) is 5.69 Å². The Balaban J connectivity index is 1.94. The fourth-order valence-electron chi connectivity index (χ4n) is 4.02. The third-order valence-electron chi connectivity index (χ3n) is 6.15. The molecular weight excluding hydrogens is 424 g/mol. The number of aryl methyl sites for hydroxylation is 2. The van der Waals surface area contributed by atoms with Gasteiger partial charge in [0, 0.05) is 13.5 Å². The standard InChI is InChI=1S/C25H34N2O4S/c1-18-8-10-19-6-5-7-21(12-19)16-25(2,26)24(28)31-17-22-13-20(11-9-18)14-23(15-22)27(3)32(4,29)30/h5-7,12-15,18H,8-11,16-17,26H2,1-4H3/t18?,25-/m1/s1. The van der Waals surface area contributed by atoms with E-state index >= 15 is 0 Å². The number of cyclic esters (lactones) is 1. The van der Waals surface area contributed by atoms with Crippen molar-refractivity contribution in [1.82, 2.24) is 0 Å². The summed E-state index contributed by atoms with van der Waals surface area (Å²) in [4.78, 5) is 12.8. The van der Waals surface area contributed by atoms with Crippen LogP contribution in [0.3, 0.4) is 0 Å². The lowest BCUT2D eigenvalue weighted by atomic mass is 9.90. The Morgan fingerprint density at radius 3 is 2.31 bits per heavy atom. The van der Waals surface area contributed by atoms with Gasteiger partial charge in [0.1, 0.15) is 12.1 Å². The normalized spacial score (nSPS) is 22.8. The number of fused-ring (bicyclic) bond motifs is 4. The Kier molecular flexibility index (Phi) is 7.30. The topological polar surface area (TPSA) is 89.7 Å². The number of hydrogen-bond acceptors (Lipinski definition) is 5. The highest BCUT2D eigenvalue weighted by Gasteiger charge is 2.30. The van der Waals surface area contributed by atoms with Crippen LogP contribution in [-0.2, 0) is 45.4 Å². The van der Waals surface area contributed by atoms with Gasteiger partial charge in [0.05, 0.1) is 11.9 Å². The van der Waals surface area contributed by atoms with Crippen LogP contribution in [-0.4, -0.2) is 33.2 Å². The van der Waals surface area contributed by atoms with Crippen molar-refractivity contribution in [2.75, 3.05) is 17.6 Å². The van der Waals surface area contributed by atoms with Crippen LogP contribution in [0.15, 0.2) is 42.5 Å². The third-order valence-corrected chi connectivity index (χ3v) is 7.35. The molecule has 0 amide bonds. The number of anilines is 1. The predicted molar refractivity (Wildman–Crippen MR) is 128 cm³/mol. The quantitative estimate of drug-likeness (QED) is 0.695. The average molecular weight is 459 g/mol. The molecule has 6 nitrogen and oxygen atoms in total. The van der Waals surface area contributed by atoms with E-state index in [1.165, 1.54) is 23.2 Å². The maximum absolute atomic E-state index is 12.8. The predicted octanol–water partition coefficient (Wildman–Crippen LogP) is 3.60. The minimum absolute atomic E-state index is 0.0413. The average Bonchev–Trinajstić information content (AvgIpc) is 2.72. The number of ether oxygens (including phenoxy) is 1. The van der Waals surface area contributed by atoms with Crippen molar-refractivity contribution in [1.29, 1.82) is 0 Å². The van der Waals surface area contributed by atoms with E-state index in [0.29, 0.717) is 18.0 Å². The van der Waals surface area contributed by atoms with Crippen molar-refractivity contribution in [3.05, 3.63) is 64.7 Å². The zero-order valence-electron chi connectivity index (χ0n) is 19.4. The molecule has 1 heterocycles. The van der Waals surface area contributed by atoms with Crippen molar-refractivity contribution >= 4 is 21.7 Å². The van der Waals surface area contributed by atoms with Gasteiger partial charge < -0.3 is 10.5 Å². The third kappa shape index (κ3) is 6.33. The van der Waals surface area contributed by atoms with Gasteiger partial charge in [0.25, 0.3) is 0 Å². The highest BCUT2D eigenvalue weighted by molar-refractivity contribution is 7.92. The second kappa shape index (κ2) is 9.63. The van der Waals surface area contributed by atoms with E-state index in [1.54, 1.807) is 13.0 Å². The molecule has 0 saturated heterocycles. The maximum Gasteiger partial charge on any atom is 0.326 e. The molecule has 2 aromatic rings. The van der Waals surface area contributed by atoms with Crippen molar-refractivity contribution < 1.29 is 17.9 Å². The van der Waals surface area contributed by atoms with E-state index in [9.17, 15) is 13.2 Å². The van der Waals surface area contributed by atoms with Crippen molar-refractivity contribution in [3.63, 3.8) is 0 Å². The number of nitrogens with zero attached hydrogens (tertiary/aromatic N) is 1. The monoisotopic (exact) mass is 458 g/mol. The van der Waals surface area contributed by atoms with Gasteiger partial charge in [-0.05, 0) is 72.9 Å². The van der Waals surface area contributed by atoms with Gasteiger partial charge >= 0.3 is 5.97 Å². The summed E-state index contributed by atoms with van der Waals surface area (Å²) >= 11 is 0. The van der Waals surface area contributed by atoms with Gasteiger partial charge in [-0.15, -0.1) is 0 Å². The van der Waals surface area contributed by atoms with Gasteiger partial charge in [0.15, 0.2) is 0 Å². The lowest BCUT2D eigenvalue weighted by Crippen LogP contribution is -2.48. The second-order valence-corrected chi connectivity index (χ2v) is 11.4. The molecule has 0 aliphatic carbocycles. The van der Waals surface area contributed by atoms with E-state index in [4.69, 9.17) is 10.5 Å². The summed E-state index contributed by atoms with van der Waals surface area (Å²) in [5.41, 5.74) is 9.78. The number of carbonyl (C=O) groups excluding carboxylic acids is 1. The van der Waals surface area contributed by atoms with Crippen LogP contribution in [0.1, 0.15) is 48.9 Å². The molecule has 1 aliphatic rings. The fourth-order valence-corrected chi connectivity index (χ4v) is 4.51. The number of carbonyl (C=O) groups is 1. The second-order valence-electron chi connectivity index (χ2n) is 9.41. The van der Waals surface area contributed by atoms with Crippen LogP contribution in [0.2, 0.25) is 0 Å². The Hall–Kier alpha value is -2.38. The highest BCUT2D eigenvalue weighted by atomic mass is 32.2. The molecule has 32 heavy (non-hydrogen) atoms. The molecule has 2 atom stereocenters. The van der Waals surface area contributed by atoms with E-state index in [1.807, 2.05) is 24.3 Å². The molecule has 1 unspecified atom stereocenters. The van der Waals surface area contributed by atoms with Gasteiger partial charge in [0.2, 0.25) is 10.0 Å². The summed E-state index contributed by atoms with van der Waals surface area (Å²) in [6, 6.07) is 13.9. The number of sulfonamides is 1. The number of benzene rings is 2. The van der Waals surface area contributed by atoms with Crippen molar-refractivity contribution in [3.8, 4) is 0 Å². The van der Waals surface area contributed by atoms with Crippen LogP contribution >= 0.6 is 0 Å². The first-order valence-electron chi connectivity index (χ1n) is 11.0. The van der Waals surface area contributed by atoms with Crippen LogP contribution in [0.5, 0.6) is 0 Å². The summed E-state index contributed by atoms with van der Waals surface area (Å²) in [7, 11) is -1.87. The maximum atomic E-state index is 12.8. The van der Waals surface area contributed by atoms with Crippen molar-refractivity contribution in [2.24, 2.45) is 11.7 Å². The first kappa shape index (κ1) is 24.3. The van der Waals surface area contributed by atoms with Gasteiger partial charge in [-0.3, -0.25) is 9.10 Å². The summed E-state index contributed by atoms with van der Waals surface area (Å²) in [6.07, 6.45) is 5.39. The lowest BCUT2D eigenvalue weighted by Gasteiger charge is -2.24. The van der Waals surface area contributed by atoms with Crippen molar-refractivity contribution in [2.45, 2.75) is 58.1 Å². The molecule has 174 valence electrons. The molecule has 3 rings (SSSR count). The smallest absolute Gasteiger partial charge is 0.326 e. The molecule has 0 saturated carbocycles. The molecule has 4 bridgehead atoms. The number of nitrogens with two attached hydrogens (primary N) is 1. The van der Waals surface area contributed by atoms with E-state index < -0.39 is 21.5 Å². The van der Waals surface area contributed by atoms with Gasteiger partial charge in [-0.2, -0.15) is 0 Å². The minimum Gasteiger partial charge on any atom is -0.459 e. The summed E-state index contributed by atoms with van der Waals surface area (Å²) < 4.78 is 31.0. The number of esters is 1. The summed E-state index contributed by atoms with van der Waals surface area (Å²) in [5.74, 6) is 0.0379. The van der Waals surface area contributed by atoms with Crippen LogP contribution in [0.25, 0.3) is 0 Å². The fraction of sp³-hybridized carbons (Fsp3) is 0.480. The minimum atomic E-state index is -3.41. The van der Waals surface area contributed by atoms with E-state index in [-0.39, 0.29) is 6.61 Å². The molecule has 7 heteroatoms. The Labute approximate surface area is 191 Å². The van der Waals surface area contributed by atoms with E-state index in [2.05, 4.69) is 19.1 Å². The Bertz CT molecular complexity index is 1080. The molecule has 2 aromatic carbocycles. The molecule has 0 radical (unpaired) electrons. The first-order valence-corrected chi connectivity index (χ1v) is 12.9. The largest absolute Gasteiger partial charge is 0.459 e. The molecule has 0 fully saturated rings. The zero-order valence-corrected chi connectivity index (χ0v) is 20.2. The Morgan fingerprint density at radius 2 is 1.62 bits per heavy atom. The first-order chi connectivity index (χ1) is 14.9. The van der Waals surface area contributed by atoms with Crippen LogP contribution < -0.4 is 10.0 Å². The molecular formula is C25H34N2O4S. The SMILES string of the molecule is CC1CCc2cccc(c2)C[C@@](C)(N)C(=O)OCc2cc(cc(N(C)S(C)(=O)=O)c2)CC1. The van der Waals surface area contributed by atoms with E-state index in [0.717, 1.165) is 42.4 Å². The molecule has 0 spiro atoms. The number of rotatable bonds is 2. The Morgan fingerprint density at radius 1 is 1.03 bits per heavy atom. The molecule has 1 aliphatic heterocycles. The number of hydrogen-bond donors (Lipinski definition) is 1. The molecule has 0 aromatic heterocycles. The summed E-state index contributed by atoms with van der Waals surface area (Å²) in [6.45, 7) is 3.98. The van der Waals surface area contributed by atoms with Crippen LogP contribution in [0, 0.1) is 5.92 Å². The van der Waals surface area contributed by atoms with Gasteiger partial charge in [-0.1, -0.05) is 37.3 Å². The lowest BCUT2D eigenvalue weighted by molar-refractivity contribution is -0.150. The molecule has 2 N–H and O–H groups in total. The van der Waals surface area contributed by atoms with Gasteiger partial charge in [-0.25, -0.2) is 8.42 Å². The summed E-state index contributed by atoms with van der Waals surface area (Å²) in [5, 5.41) is 0. The highest BCUT2D eigenvalue weighted by Crippen LogP contribution is 2.25. The zero-order chi connectivity index (χ0) is 23.5.